The van der Waals surface area contributed by atoms with Crippen LogP contribution in [-0.2, 0) is 25.1 Å². The highest BCUT2D eigenvalue weighted by atomic mass is 32.2. The molecule has 0 fully saturated rings. The second-order valence-electron chi connectivity index (χ2n) is 11.1. The number of hydrogen-bond acceptors (Lipinski definition) is 7. The molecule has 1 aromatic carbocycles. The maximum Gasteiger partial charge on any atom is 0.527 e. The van der Waals surface area contributed by atoms with E-state index >= 15 is 0 Å². The molecular formula is C32H56NO6PS. The van der Waals surface area contributed by atoms with E-state index in [1.807, 2.05) is 23.7 Å². The molecule has 2 unspecified atom stereocenters. The fraction of sp³-hybridized carbons (Fsp3) is 0.750. The zero-order valence-electron chi connectivity index (χ0n) is 25.7. The van der Waals surface area contributed by atoms with Crippen molar-refractivity contribution in [2.75, 3.05) is 32.8 Å². The molecule has 1 aliphatic rings. The molecule has 1 heterocycles. The van der Waals surface area contributed by atoms with Crippen LogP contribution in [0.25, 0.3) is 0 Å². The lowest BCUT2D eigenvalue weighted by Crippen LogP contribution is -2.24. The van der Waals surface area contributed by atoms with Crippen LogP contribution in [0.2, 0.25) is 0 Å². The zero-order chi connectivity index (χ0) is 29.4. The molecule has 1 aromatic rings. The predicted molar refractivity (Wildman–Crippen MR) is 171 cm³/mol. The Morgan fingerprint density at radius 2 is 1.51 bits per heavy atom. The molecule has 9 heteroatoms. The van der Waals surface area contributed by atoms with E-state index in [-0.39, 0.29) is 6.61 Å². The van der Waals surface area contributed by atoms with Gasteiger partial charge in [-0.3, -0.25) is 9.42 Å². The van der Waals surface area contributed by atoms with Gasteiger partial charge in [0.25, 0.3) is 0 Å². The first-order valence-corrected chi connectivity index (χ1v) is 18.5. The van der Waals surface area contributed by atoms with E-state index in [2.05, 4.69) is 11.8 Å². The molecule has 0 amide bonds. The number of benzene rings is 1. The second kappa shape index (κ2) is 23.4. The predicted octanol–water partition coefficient (Wildman–Crippen LogP) is 9.45. The fourth-order valence-corrected chi connectivity index (χ4v) is 6.33. The highest BCUT2D eigenvalue weighted by molar-refractivity contribution is 8.02. The van der Waals surface area contributed by atoms with E-state index in [9.17, 15) is 9.46 Å². The van der Waals surface area contributed by atoms with Crippen molar-refractivity contribution in [1.29, 1.82) is 0 Å². The van der Waals surface area contributed by atoms with Gasteiger partial charge < -0.3 is 18.9 Å². The van der Waals surface area contributed by atoms with Gasteiger partial charge in [-0.25, -0.2) is 4.57 Å². The van der Waals surface area contributed by atoms with Crippen molar-refractivity contribution in [2.45, 2.75) is 122 Å². The Kier molecular flexibility index (Phi) is 20.7. The van der Waals surface area contributed by atoms with Crippen LogP contribution < -0.4 is 4.52 Å². The fourth-order valence-electron chi connectivity index (χ4n) is 4.83. The number of phosphoric acid groups is 1. The third-order valence-electron chi connectivity index (χ3n) is 7.32. The van der Waals surface area contributed by atoms with E-state index in [0.29, 0.717) is 25.5 Å². The summed E-state index contributed by atoms with van der Waals surface area (Å²) in [4.78, 5) is 12.4. The van der Waals surface area contributed by atoms with Crippen LogP contribution in [0.4, 0.5) is 0 Å². The summed E-state index contributed by atoms with van der Waals surface area (Å²) in [6.07, 6.45) is 23.1. The van der Waals surface area contributed by atoms with E-state index in [1.54, 1.807) is 31.0 Å². The molecule has 2 atom stereocenters. The van der Waals surface area contributed by atoms with E-state index < -0.39 is 13.9 Å². The minimum atomic E-state index is -4.28. The Hall–Kier alpha value is -1.02. The van der Waals surface area contributed by atoms with Crippen molar-refractivity contribution in [3.05, 3.63) is 41.4 Å². The quantitative estimate of drug-likeness (QED) is 0.0777. The third kappa shape index (κ3) is 19.0. The SMILES string of the molecule is CCCCCCCCCCCCCCCCCCOCC(COP(=O)(O)Oc1cccc(CN2C=CSC2)c1)OC. The van der Waals surface area contributed by atoms with Gasteiger partial charge in [-0.1, -0.05) is 115 Å². The van der Waals surface area contributed by atoms with Gasteiger partial charge in [-0.05, 0) is 29.5 Å². The lowest BCUT2D eigenvalue weighted by molar-refractivity contribution is -0.0197. The Balaban J connectivity index is 1.43. The average molecular weight is 614 g/mol. The smallest absolute Gasteiger partial charge is 0.404 e. The number of rotatable bonds is 27. The van der Waals surface area contributed by atoms with Gasteiger partial charge in [0, 0.05) is 26.5 Å². The zero-order valence-corrected chi connectivity index (χ0v) is 27.4. The summed E-state index contributed by atoms with van der Waals surface area (Å²) in [5, 5.41) is 2.05. The molecular weight excluding hydrogens is 557 g/mol. The molecule has 7 nitrogen and oxygen atoms in total. The minimum Gasteiger partial charge on any atom is -0.404 e. The molecule has 1 aliphatic heterocycles. The van der Waals surface area contributed by atoms with Crippen LogP contribution in [0.1, 0.15) is 115 Å². The summed E-state index contributed by atoms with van der Waals surface area (Å²) in [6, 6.07) is 7.18. The topological polar surface area (TPSA) is 77.5 Å². The molecule has 0 radical (unpaired) electrons. The highest BCUT2D eigenvalue weighted by Gasteiger charge is 2.25. The highest BCUT2D eigenvalue weighted by Crippen LogP contribution is 2.44. The average Bonchev–Trinajstić information content (AvgIpc) is 3.47. The van der Waals surface area contributed by atoms with Crippen molar-refractivity contribution < 1.29 is 28.0 Å². The van der Waals surface area contributed by atoms with E-state index in [4.69, 9.17) is 18.5 Å². The number of hydrogen-bond donors (Lipinski definition) is 1. The lowest BCUT2D eigenvalue weighted by Gasteiger charge is -2.19. The maximum absolute atomic E-state index is 12.5. The first kappa shape index (κ1) is 36.2. The van der Waals surface area contributed by atoms with Gasteiger partial charge in [0.1, 0.15) is 11.9 Å². The molecule has 41 heavy (non-hydrogen) atoms. The summed E-state index contributed by atoms with van der Waals surface area (Å²) in [5.41, 5.74) is 0.993. The number of ether oxygens (including phenoxy) is 2. The first-order valence-electron chi connectivity index (χ1n) is 15.9. The van der Waals surface area contributed by atoms with Crippen LogP contribution in [0.3, 0.4) is 0 Å². The Morgan fingerprint density at radius 1 is 0.902 bits per heavy atom. The molecule has 1 N–H and O–H groups in total. The second-order valence-corrected chi connectivity index (χ2v) is 13.3. The van der Waals surface area contributed by atoms with Gasteiger partial charge in [0.15, 0.2) is 0 Å². The van der Waals surface area contributed by atoms with Crippen LogP contribution in [0.5, 0.6) is 5.75 Å². The summed E-state index contributed by atoms with van der Waals surface area (Å²) < 4.78 is 34.1. The van der Waals surface area contributed by atoms with Gasteiger partial charge >= 0.3 is 7.82 Å². The standard InChI is InChI=1S/C32H56NO6PS/c1-3-4-5-6-7-8-9-10-11-12-13-14-15-16-17-18-23-37-27-32(36-2)28-38-40(34,35)39-31-21-19-20-30(25-31)26-33-22-24-41-29-33/h19-22,24-25,32H,3-18,23,26-29H2,1-2H3,(H,34,35). The molecule has 0 aromatic heterocycles. The maximum atomic E-state index is 12.5. The van der Waals surface area contributed by atoms with Crippen LogP contribution in [0, 0.1) is 0 Å². The first-order chi connectivity index (χ1) is 20.0. The Labute approximate surface area is 254 Å². The molecule has 2 rings (SSSR count). The molecule has 0 bridgehead atoms. The van der Waals surface area contributed by atoms with Gasteiger partial charge in [0.2, 0.25) is 0 Å². The molecule has 0 saturated carbocycles. The van der Waals surface area contributed by atoms with Crippen molar-refractivity contribution in [3.63, 3.8) is 0 Å². The summed E-state index contributed by atoms with van der Waals surface area (Å²) in [6.45, 7) is 3.87. The van der Waals surface area contributed by atoms with Crippen molar-refractivity contribution in [3.8, 4) is 5.75 Å². The van der Waals surface area contributed by atoms with Crippen molar-refractivity contribution >= 4 is 19.6 Å². The molecule has 0 saturated heterocycles. The van der Waals surface area contributed by atoms with Gasteiger partial charge in [0.05, 0.1) is 19.1 Å². The minimum absolute atomic E-state index is 0.0846. The monoisotopic (exact) mass is 613 g/mol. The van der Waals surface area contributed by atoms with E-state index in [1.165, 1.54) is 89.9 Å². The normalized spacial score (nSPS) is 15.3. The molecule has 0 spiro atoms. The van der Waals surface area contributed by atoms with Crippen molar-refractivity contribution in [1.82, 2.24) is 4.90 Å². The number of thioether (sulfide) groups is 1. The lowest BCUT2D eigenvalue weighted by atomic mass is 10.0. The van der Waals surface area contributed by atoms with Crippen LogP contribution >= 0.6 is 19.6 Å². The third-order valence-corrected chi connectivity index (χ3v) is 9.03. The number of unbranched alkanes of at least 4 members (excludes halogenated alkanes) is 15. The van der Waals surface area contributed by atoms with Gasteiger partial charge in [-0.15, -0.1) is 11.8 Å². The molecule has 0 aliphatic carbocycles. The molecule has 236 valence electrons. The summed E-state index contributed by atoms with van der Waals surface area (Å²) in [5.74, 6) is 1.20. The number of methoxy groups -OCH3 is 1. The summed E-state index contributed by atoms with van der Waals surface area (Å²) >= 11 is 1.73. The van der Waals surface area contributed by atoms with Gasteiger partial charge in [-0.2, -0.15) is 0 Å². The number of nitrogens with zero attached hydrogens (tertiary/aromatic N) is 1. The van der Waals surface area contributed by atoms with Crippen molar-refractivity contribution in [2.24, 2.45) is 0 Å². The largest absolute Gasteiger partial charge is 0.527 e. The Bertz CT molecular complexity index is 857. The summed E-state index contributed by atoms with van der Waals surface area (Å²) in [7, 11) is -2.74. The van der Waals surface area contributed by atoms with Crippen LogP contribution in [0.15, 0.2) is 35.9 Å². The van der Waals surface area contributed by atoms with E-state index in [0.717, 1.165) is 24.3 Å². The number of phosphoric ester groups is 1. The van der Waals surface area contributed by atoms with Crippen LogP contribution in [-0.4, -0.2) is 48.7 Å². The Morgan fingerprint density at radius 3 is 2.07 bits per heavy atom.